The Morgan fingerprint density at radius 1 is 1.24 bits per heavy atom. The quantitative estimate of drug-likeness (QED) is 0.355. The van der Waals surface area contributed by atoms with Gasteiger partial charge in [0.25, 0.3) is 0 Å². The highest BCUT2D eigenvalue weighted by Gasteiger charge is 2.10. The number of hydrogen-bond acceptors (Lipinski definition) is 4. The minimum Gasteiger partial charge on any atom is -0.383 e. The summed E-state index contributed by atoms with van der Waals surface area (Å²) in [5.41, 5.74) is 4.25. The molecule has 0 saturated carbocycles. The van der Waals surface area contributed by atoms with Crippen molar-refractivity contribution in [3.05, 3.63) is 35.4 Å². The van der Waals surface area contributed by atoms with E-state index in [-0.39, 0.29) is 6.54 Å². The van der Waals surface area contributed by atoms with E-state index in [0.29, 0.717) is 12.5 Å². The SMILES string of the molecule is COCCNC(=O)C(=O)NN=Cc1ccc(C(C)C)cc1. The normalized spacial score (nSPS) is 10.9. The molecule has 0 atom stereocenters. The van der Waals surface area contributed by atoms with Crippen molar-refractivity contribution < 1.29 is 14.3 Å². The smallest absolute Gasteiger partial charge is 0.329 e. The van der Waals surface area contributed by atoms with E-state index in [4.69, 9.17) is 4.74 Å². The molecule has 1 aromatic rings. The van der Waals surface area contributed by atoms with Crippen molar-refractivity contribution in [1.29, 1.82) is 0 Å². The third-order valence-corrected chi connectivity index (χ3v) is 2.78. The molecule has 2 amide bonds. The van der Waals surface area contributed by atoms with Crippen LogP contribution >= 0.6 is 0 Å². The summed E-state index contributed by atoms with van der Waals surface area (Å²) in [6.07, 6.45) is 1.49. The van der Waals surface area contributed by atoms with Gasteiger partial charge >= 0.3 is 11.8 Å². The molecule has 0 bridgehead atoms. The summed E-state index contributed by atoms with van der Waals surface area (Å²) in [6.45, 7) is 4.87. The predicted octanol–water partition coefficient (Wildman–Crippen LogP) is 1.02. The van der Waals surface area contributed by atoms with Crippen LogP contribution in [-0.2, 0) is 14.3 Å². The minimum absolute atomic E-state index is 0.281. The summed E-state index contributed by atoms with van der Waals surface area (Å²) in [4.78, 5) is 22.7. The average molecular weight is 291 g/mol. The lowest BCUT2D eigenvalue weighted by Crippen LogP contribution is -2.39. The molecule has 0 fully saturated rings. The number of nitrogens with zero attached hydrogens (tertiary/aromatic N) is 1. The van der Waals surface area contributed by atoms with Crippen LogP contribution < -0.4 is 10.7 Å². The van der Waals surface area contributed by atoms with Crippen LogP contribution in [0.4, 0.5) is 0 Å². The summed E-state index contributed by atoms with van der Waals surface area (Å²) in [7, 11) is 1.51. The molecule has 1 aromatic carbocycles. The Bertz CT molecular complexity index is 495. The topological polar surface area (TPSA) is 79.8 Å². The van der Waals surface area contributed by atoms with Crippen molar-refractivity contribution in [2.24, 2.45) is 5.10 Å². The second kappa shape index (κ2) is 8.86. The van der Waals surface area contributed by atoms with Crippen molar-refractivity contribution in [1.82, 2.24) is 10.7 Å². The lowest BCUT2D eigenvalue weighted by molar-refractivity contribution is -0.139. The molecule has 21 heavy (non-hydrogen) atoms. The van der Waals surface area contributed by atoms with Crippen molar-refractivity contribution >= 4 is 18.0 Å². The van der Waals surface area contributed by atoms with Crippen LogP contribution in [0.2, 0.25) is 0 Å². The van der Waals surface area contributed by atoms with E-state index in [1.54, 1.807) is 0 Å². The van der Waals surface area contributed by atoms with Crippen LogP contribution in [0.1, 0.15) is 30.9 Å². The fourth-order valence-electron chi connectivity index (χ4n) is 1.53. The molecule has 0 spiro atoms. The third-order valence-electron chi connectivity index (χ3n) is 2.78. The van der Waals surface area contributed by atoms with Gasteiger partial charge in [-0.2, -0.15) is 5.10 Å². The van der Waals surface area contributed by atoms with E-state index < -0.39 is 11.8 Å². The number of hydrazone groups is 1. The van der Waals surface area contributed by atoms with Crippen molar-refractivity contribution in [3.8, 4) is 0 Å². The molecule has 0 unspecified atom stereocenters. The highest BCUT2D eigenvalue weighted by Crippen LogP contribution is 2.13. The van der Waals surface area contributed by atoms with Crippen LogP contribution in [0, 0.1) is 0 Å². The van der Waals surface area contributed by atoms with Gasteiger partial charge in [0, 0.05) is 13.7 Å². The van der Waals surface area contributed by atoms with Gasteiger partial charge in [0.15, 0.2) is 0 Å². The van der Waals surface area contributed by atoms with Gasteiger partial charge in [0.1, 0.15) is 0 Å². The predicted molar refractivity (Wildman–Crippen MR) is 81.2 cm³/mol. The molecule has 6 nitrogen and oxygen atoms in total. The molecule has 1 rings (SSSR count). The zero-order valence-electron chi connectivity index (χ0n) is 12.6. The number of amides is 2. The molecular weight excluding hydrogens is 270 g/mol. The first kappa shape index (κ1) is 16.8. The molecule has 0 aromatic heterocycles. The fourth-order valence-corrected chi connectivity index (χ4v) is 1.53. The summed E-state index contributed by atoms with van der Waals surface area (Å²) < 4.78 is 4.76. The van der Waals surface area contributed by atoms with E-state index in [2.05, 4.69) is 29.7 Å². The molecule has 0 aliphatic rings. The Morgan fingerprint density at radius 3 is 2.48 bits per heavy atom. The Hall–Kier alpha value is -2.21. The van der Waals surface area contributed by atoms with E-state index in [1.807, 2.05) is 24.3 Å². The lowest BCUT2D eigenvalue weighted by atomic mass is 10.0. The van der Waals surface area contributed by atoms with Crippen LogP contribution in [0.15, 0.2) is 29.4 Å². The van der Waals surface area contributed by atoms with Crippen LogP contribution in [0.5, 0.6) is 0 Å². The standard InChI is InChI=1S/C15H21N3O3/c1-11(2)13-6-4-12(5-7-13)10-17-18-15(20)14(19)16-8-9-21-3/h4-7,10-11H,8-9H2,1-3H3,(H,16,19)(H,18,20). The first-order valence-corrected chi connectivity index (χ1v) is 6.74. The highest BCUT2D eigenvalue weighted by molar-refractivity contribution is 6.35. The second-order valence-corrected chi connectivity index (χ2v) is 4.77. The molecule has 0 radical (unpaired) electrons. The Kier molecular flexibility index (Phi) is 7.11. The molecule has 2 N–H and O–H groups in total. The highest BCUT2D eigenvalue weighted by atomic mass is 16.5. The zero-order valence-corrected chi connectivity index (χ0v) is 12.6. The van der Waals surface area contributed by atoms with Crippen LogP contribution in [0.3, 0.4) is 0 Å². The van der Waals surface area contributed by atoms with Gasteiger partial charge in [-0.05, 0) is 17.0 Å². The maximum atomic E-state index is 11.4. The number of benzene rings is 1. The monoisotopic (exact) mass is 291 g/mol. The Morgan fingerprint density at radius 2 is 1.90 bits per heavy atom. The van der Waals surface area contributed by atoms with Crippen molar-refractivity contribution in [3.63, 3.8) is 0 Å². The summed E-state index contributed by atoms with van der Waals surface area (Å²) in [5.74, 6) is -1.08. The maximum Gasteiger partial charge on any atom is 0.329 e. The number of rotatable bonds is 6. The number of hydrogen-bond donors (Lipinski definition) is 2. The van der Waals surface area contributed by atoms with Crippen LogP contribution in [0.25, 0.3) is 0 Å². The third kappa shape index (κ3) is 6.18. The minimum atomic E-state index is -0.804. The van der Waals surface area contributed by atoms with Crippen LogP contribution in [-0.4, -0.2) is 38.3 Å². The first-order chi connectivity index (χ1) is 10.0. The molecule has 0 aliphatic heterocycles. The molecule has 0 saturated heterocycles. The first-order valence-electron chi connectivity index (χ1n) is 6.74. The van der Waals surface area contributed by atoms with Gasteiger partial charge in [-0.1, -0.05) is 38.1 Å². The average Bonchev–Trinajstić information content (AvgIpc) is 2.47. The zero-order chi connectivity index (χ0) is 15.7. The number of nitrogens with one attached hydrogen (secondary N) is 2. The van der Waals surface area contributed by atoms with Gasteiger partial charge in [0.05, 0.1) is 12.8 Å². The molecular formula is C15H21N3O3. The molecule has 0 aliphatic carbocycles. The summed E-state index contributed by atoms with van der Waals surface area (Å²) in [5, 5.41) is 6.15. The van der Waals surface area contributed by atoms with E-state index in [0.717, 1.165) is 5.56 Å². The van der Waals surface area contributed by atoms with Gasteiger partial charge in [-0.3, -0.25) is 9.59 Å². The summed E-state index contributed by atoms with van der Waals surface area (Å²) in [6, 6.07) is 7.82. The molecule has 0 heterocycles. The lowest BCUT2D eigenvalue weighted by Gasteiger charge is -2.04. The van der Waals surface area contributed by atoms with Gasteiger partial charge in [-0.15, -0.1) is 0 Å². The van der Waals surface area contributed by atoms with Gasteiger partial charge in [-0.25, -0.2) is 5.43 Å². The summed E-state index contributed by atoms with van der Waals surface area (Å²) >= 11 is 0. The largest absolute Gasteiger partial charge is 0.383 e. The molecule has 6 heteroatoms. The van der Waals surface area contributed by atoms with E-state index in [1.165, 1.54) is 18.9 Å². The van der Waals surface area contributed by atoms with Gasteiger partial charge in [0.2, 0.25) is 0 Å². The number of carbonyl (C=O) groups is 2. The van der Waals surface area contributed by atoms with Crippen molar-refractivity contribution in [2.45, 2.75) is 19.8 Å². The molecule has 114 valence electrons. The Labute approximate surface area is 124 Å². The van der Waals surface area contributed by atoms with Crippen molar-refractivity contribution in [2.75, 3.05) is 20.3 Å². The Balaban J connectivity index is 2.43. The number of carbonyl (C=O) groups excluding carboxylic acids is 2. The second-order valence-electron chi connectivity index (χ2n) is 4.77. The maximum absolute atomic E-state index is 11.4. The van der Waals surface area contributed by atoms with E-state index >= 15 is 0 Å². The van der Waals surface area contributed by atoms with E-state index in [9.17, 15) is 9.59 Å². The number of methoxy groups -OCH3 is 1. The fraction of sp³-hybridized carbons (Fsp3) is 0.400. The van der Waals surface area contributed by atoms with Gasteiger partial charge < -0.3 is 10.1 Å². The number of ether oxygens (including phenoxy) is 1.